The maximum Gasteiger partial charge on any atom is 0.259 e. The number of rotatable bonds is 6. The van der Waals surface area contributed by atoms with Crippen molar-refractivity contribution in [1.82, 2.24) is 4.98 Å². The molecule has 0 bridgehead atoms. The number of pyridine rings is 1. The number of halogens is 1. The highest BCUT2D eigenvalue weighted by Crippen LogP contribution is 2.25. The standard InChI is InChI=1S/C24H26N4O5.ClH/c1-14(2)33-18-6-4-17(5-7-18)28-11-12-32-21(24(28)31)20(29)23(30)27-16-3-8-19-15(13-16)9-10-26-22(19)25;/h3-10,13-14,20-21,29H,11-12H2,1-2H3,(H2,25,26)(H,27,30);1H/t20-,21-;/m1./s1. The molecule has 0 radical (unpaired) electrons. The first-order valence-corrected chi connectivity index (χ1v) is 10.7. The number of nitrogens with two attached hydrogens (primary N) is 1. The molecule has 34 heavy (non-hydrogen) atoms. The van der Waals surface area contributed by atoms with Crippen LogP contribution in [0.2, 0.25) is 0 Å². The molecule has 1 aliphatic heterocycles. The van der Waals surface area contributed by atoms with E-state index >= 15 is 0 Å². The van der Waals surface area contributed by atoms with Crippen LogP contribution in [0, 0.1) is 0 Å². The number of carbonyl (C=O) groups excluding carboxylic acids is 2. The summed E-state index contributed by atoms with van der Waals surface area (Å²) < 4.78 is 11.1. The molecule has 180 valence electrons. The van der Waals surface area contributed by atoms with Crippen LogP contribution in [0.4, 0.5) is 17.2 Å². The van der Waals surface area contributed by atoms with Crippen molar-refractivity contribution in [2.75, 3.05) is 29.1 Å². The van der Waals surface area contributed by atoms with Crippen molar-refractivity contribution in [2.24, 2.45) is 0 Å². The number of anilines is 3. The van der Waals surface area contributed by atoms with Crippen molar-refractivity contribution in [3.63, 3.8) is 0 Å². The summed E-state index contributed by atoms with van der Waals surface area (Å²) in [5, 5.41) is 14.8. The summed E-state index contributed by atoms with van der Waals surface area (Å²) in [5.41, 5.74) is 6.95. The lowest BCUT2D eigenvalue weighted by Crippen LogP contribution is -2.55. The lowest BCUT2D eigenvalue weighted by atomic mass is 10.1. The number of aliphatic hydroxyl groups is 1. The molecule has 2 heterocycles. The van der Waals surface area contributed by atoms with Gasteiger partial charge in [-0.2, -0.15) is 0 Å². The van der Waals surface area contributed by atoms with Gasteiger partial charge in [0.1, 0.15) is 11.6 Å². The number of fused-ring (bicyclic) bond motifs is 1. The maximum absolute atomic E-state index is 13.0. The van der Waals surface area contributed by atoms with Crippen molar-refractivity contribution in [2.45, 2.75) is 32.2 Å². The SMILES string of the molecule is CC(C)Oc1ccc(N2CCO[C@H]([C@@H](O)C(=O)Nc3ccc4c(N)nccc4c3)C2=O)cc1.Cl. The highest BCUT2D eigenvalue weighted by Gasteiger charge is 2.39. The van der Waals surface area contributed by atoms with Crippen LogP contribution in [-0.2, 0) is 14.3 Å². The lowest BCUT2D eigenvalue weighted by molar-refractivity contribution is -0.150. The van der Waals surface area contributed by atoms with E-state index in [1.54, 1.807) is 54.7 Å². The van der Waals surface area contributed by atoms with E-state index in [2.05, 4.69) is 10.3 Å². The molecule has 2 amide bonds. The molecule has 0 aliphatic carbocycles. The van der Waals surface area contributed by atoms with Gasteiger partial charge in [0.25, 0.3) is 11.8 Å². The Labute approximate surface area is 203 Å². The van der Waals surface area contributed by atoms with Crippen LogP contribution in [-0.4, -0.2) is 53.4 Å². The first-order valence-electron chi connectivity index (χ1n) is 10.7. The summed E-state index contributed by atoms with van der Waals surface area (Å²) in [6, 6.07) is 13.9. The third kappa shape index (κ3) is 5.39. The molecular formula is C24H27ClN4O5. The minimum Gasteiger partial charge on any atom is -0.491 e. The topological polar surface area (TPSA) is 127 Å². The Balaban J connectivity index is 0.00000324. The van der Waals surface area contributed by atoms with Crippen LogP contribution in [0.3, 0.4) is 0 Å². The molecule has 1 aromatic heterocycles. The molecule has 4 rings (SSSR count). The van der Waals surface area contributed by atoms with Gasteiger partial charge in [-0.3, -0.25) is 9.59 Å². The van der Waals surface area contributed by atoms with Gasteiger partial charge in [-0.1, -0.05) is 0 Å². The molecule has 1 saturated heterocycles. The first kappa shape index (κ1) is 25.2. The minimum atomic E-state index is -1.68. The Kier molecular flexibility index (Phi) is 7.93. The fourth-order valence-electron chi connectivity index (χ4n) is 3.70. The molecular weight excluding hydrogens is 460 g/mol. The Bertz CT molecular complexity index is 1170. The summed E-state index contributed by atoms with van der Waals surface area (Å²) in [5.74, 6) is -0.148. The summed E-state index contributed by atoms with van der Waals surface area (Å²) in [6.07, 6.45) is -1.38. The molecule has 1 aliphatic rings. The predicted octanol–water partition coefficient (Wildman–Crippen LogP) is 2.76. The van der Waals surface area contributed by atoms with E-state index in [0.29, 0.717) is 29.5 Å². The lowest BCUT2D eigenvalue weighted by Gasteiger charge is -2.34. The molecule has 9 nitrogen and oxygen atoms in total. The summed E-state index contributed by atoms with van der Waals surface area (Å²) in [6.45, 7) is 4.36. The zero-order valence-electron chi connectivity index (χ0n) is 18.8. The van der Waals surface area contributed by atoms with Crippen LogP contribution < -0.4 is 20.7 Å². The minimum absolute atomic E-state index is 0. The van der Waals surface area contributed by atoms with Crippen LogP contribution in [0.25, 0.3) is 10.8 Å². The van der Waals surface area contributed by atoms with E-state index in [-0.39, 0.29) is 25.1 Å². The number of nitrogens with one attached hydrogen (secondary N) is 1. The van der Waals surface area contributed by atoms with E-state index in [9.17, 15) is 14.7 Å². The maximum atomic E-state index is 13.0. The Hall–Kier alpha value is -3.40. The normalized spacial score (nSPS) is 16.8. The molecule has 1 fully saturated rings. The predicted molar refractivity (Wildman–Crippen MR) is 132 cm³/mol. The molecule has 0 spiro atoms. The number of ether oxygens (including phenoxy) is 2. The van der Waals surface area contributed by atoms with Gasteiger partial charge in [0, 0.05) is 29.5 Å². The van der Waals surface area contributed by atoms with E-state index in [1.165, 1.54) is 4.90 Å². The highest BCUT2D eigenvalue weighted by molar-refractivity contribution is 6.04. The van der Waals surface area contributed by atoms with Crippen molar-refractivity contribution >= 4 is 52.2 Å². The quantitative estimate of drug-likeness (QED) is 0.489. The van der Waals surface area contributed by atoms with Crippen molar-refractivity contribution in [3.05, 3.63) is 54.7 Å². The van der Waals surface area contributed by atoms with Crippen LogP contribution in [0.15, 0.2) is 54.7 Å². The summed E-state index contributed by atoms with van der Waals surface area (Å²) in [4.78, 5) is 31.2. The van der Waals surface area contributed by atoms with E-state index < -0.39 is 24.0 Å². The summed E-state index contributed by atoms with van der Waals surface area (Å²) in [7, 11) is 0. The molecule has 2 atom stereocenters. The highest BCUT2D eigenvalue weighted by atomic mass is 35.5. The number of nitrogen functional groups attached to an aromatic ring is 1. The number of benzene rings is 2. The van der Waals surface area contributed by atoms with Gasteiger partial charge in [0.05, 0.1) is 12.7 Å². The van der Waals surface area contributed by atoms with Gasteiger partial charge in [0.2, 0.25) is 0 Å². The number of nitrogens with zero attached hydrogens (tertiary/aromatic N) is 2. The fourth-order valence-corrected chi connectivity index (χ4v) is 3.70. The van der Waals surface area contributed by atoms with Crippen LogP contribution >= 0.6 is 12.4 Å². The Morgan fingerprint density at radius 2 is 1.97 bits per heavy atom. The van der Waals surface area contributed by atoms with Crippen LogP contribution in [0.1, 0.15) is 13.8 Å². The fraction of sp³-hybridized carbons (Fsp3) is 0.292. The zero-order chi connectivity index (χ0) is 23.5. The third-order valence-electron chi connectivity index (χ3n) is 5.26. The van der Waals surface area contributed by atoms with Crippen molar-refractivity contribution in [1.29, 1.82) is 0 Å². The largest absolute Gasteiger partial charge is 0.491 e. The zero-order valence-corrected chi connectivity index (χ0v) is 19.6. The smallest absolute Gasteiger partial charge is 0.259 e. The van der Waals surface area contributed by atoms with Gasteiger partial charge >= 0.3 is 0 Å². The average molecular weight is 487 g/mol. The van der Waals surface area contributed by atoms with E-state index in [1.807, 2.05) is 13.8 Å². The van der Waals surface area contributed by atoms with Gasteiger partial charge in [-0.25, -0.2) is 4.98 Å². The number of aromatic nitrogens is 1. The Morgan fingerprint density at radius 1 is 1.24 bits per heavy atom. The number of carbonyl (C=O) groups is 2. The van der Waals surface area contributed by atoms with E-state index in [0.717, 1.165) is 10.8 Å². The number of hydrogen-bond donors (Lipinski definition) is 3. The number of aliphatic hydroxyl groups excluding tert-OH is 1. The Morgan fingerprint density at radius 3 is 2.68 bits per heavy atom. The molecule has 10 heteroatoms. The summed E-state index contributed by atoms with van der Waals surface area (Å²) >= 11 is 0. The molecule has 2 aromatic carbocycles. The van der Waals surface area contributed by atoms with Crippen molar-refractivity contribution < 1.29 is 24.2 Å². The molecule has 4 N–H and O–H groups in total. The average Bonchev–Trinajstić information content (AvgIpc) is 2.79. The second kappa shape index (κ2) is 10.7. The second-order valence-electron chi connectivity index (χ2n) is 8.01. The van der Waals surface area contributed by atoms with E-state index in [4.69, 9.17) is 15.2 Å². The first-order chi connectivity index (χ1) is 15.8. The third-order valence-corrected chi connectivity index (χ3v) is 5.26. The second-order valence-corrected chi connectivity index (χ2v) is 8.01. The number of morpholine rings is 1. The van der Waals surface area contributed by atoms with Gasteiger partial charge in [-0.05, 0) is 67.8 Å². The molecule has 3 aromatic rings. The van der Waals surface area contributed by atoms with Gasteiger partial charge < -0.3 is 30.5 Å². The van der Waals surface area contributed by atoms with Crippen LogP contribution in [0.5, 0.6) is 5.75 Å². The van der Waals surface area contributed by atoms with Gasteiger partial charge in [-0.15, -0.1) is 12.4 Å². The molecule has 0 saturated carbocycles. The van der Waals surface area contributed by atoms with Gasteiger partial charge in [0.15, 0.2) is 12.2 Å². The number of amides is 2. The monoisotopic (exact) mass is 486 g/mol. The van der Waals surface area contributed by atoms with Crippen molar-refractivity contribution in [3.8, 4) is 5.75 Å². The number of hydrogen-bond acceptors (Lipinski definition) is 7. The molecule has 0 unspecified atom stereocenters.